The van der Waals surface area contributed by atoms with Crippen molar-refractivity contribution in [3.05, 3.63) is 34.9 Å². The summed E-state index contributed by atoms with van der Waals surface area (Å²) in [6.07, 6.45) is 2.56. The fraction of sp³-hybridized carbons (Fsp3) is 0.529. The molecular weight excluding hydrogens is 278 g/mol. The van der Waals surface area contributed by atoms with Gasteiger partial charge < -0.3 is 16.4 Å². The molecular formula is C17H25N3O2. The Morgan fingerprint density at radius 1 is 1.36 bits per heavy atom. The Labute approximate surface area is 131 Å². The molecule has 4 N–H and O–H groups in total. The molecule has 1 heterocycles. The van der Waals surface area contributed by atoms with Crippen molar-refractivity contribution in [3.63, 3.8) is 0 Å². The first-order valence-electron chi connectivity index (χ1n) is 7.90. The predicted octanol–water partition coefficient (Wildman–Crippen LogP) is 1.35. The Kier molecular flexibility index (Phi) is 5.55. The molecule has 5 nitrogen and oxygen atoms in total. The number of carbonyl (C=O) groups excluding carboxylic acids is 2. The molecule has 0 fully saturated rings. The highest BCUT2D eigenvalue weighted by Crippen LogP contribution is 2.16. The monoisotopic (exact) mass is 303 g/mol. The fourth-order valence-electron chi connectivity index (χ4n) is 2.68. The Balaban J connectivity index is 1.98. The van der Waals surface area contributed by atoms with Gasteiger partial charge in [0.25, 0.3) is 5.91 Å². The number of fused-ring (bicyclic) bond motifs is 1. The molecule has 2 rings (SSSR count). The topological polar surface area (TPSA) is 84.2 Å². The lowest BCUT2D eigenvalue weighted by atomic mass is 9.97. The second kappa shape index (κ2) is 7.40. The zero-order valence-corrected chi connectivity index (χ0v) is 13.3. The molecule has 0 aromatic heterocycles. The summed E-state index contributed by atoms with van der Waals surface area (Å²) < 4.78 is 0. The number of primary amides is 1. The van der Waals surface area contributed by atoms with Crippen LogP contribution in [0.3, 0.4) is 0 Å². The summed E-state index contributed by atoms with van der Waals surface area (Å²) in [6.45, 7) is 5.53. The van der Waals surface area contributed by atoms with Crippen LogP contribution >= 0.6 is 0 Å². The van der Waals surface area contributed by atoms with Crippen LogP contribution in [-0.2, 0) is 17.8 Å². The summed E-state index contributed by atoms with van der Waals surface area (Å²) >= 11 is 0. The van der Waals surface area contributed by atoms with Crippen molar-refractivity contribution in [1.29, 1.82) is 0 Å². The molecule has 22 heavy (non-hydrogen) atoms. The van der Waals surface area contributed by atoms with Gasteiger partial charge in [-0.15, -0.1) is 0 Å². The summed E-state index contributed by atoms with van der Waals surface area (Å²) in [5.74, 6) is 0.233. The van der Waals surface area contributed by atoms with E-state index in [9.17, 15) is 9.59 Å². The minimum absolute atomic E-state index is 0.00675. The van der Waals surface area contributed by atoms with Crippen molar-refractivity contribution < 1.29 is 9.59 Å². The molecule has 0 radical (unpaired) electrons. The third kappa shape index (κ3) is 4.31. The Morgan fingerprint density at radius 3 is 2.82 bits per heavy atom. The number of carbonyl (C=O) groups is 2. The normalized spacial score (nSPS) is 15.3. The van der Waals surface area contributed by atoms with Crippen molar-refractivity contribution in [2.45, 2.75) is 45.7 Å². The maximum atomic E-state index is 11.7. The van der Waals surface area contributed by atoms with Crippen LogP contribution in [0.15, 0.2) is 18.2 Å². The first kappa shape index (κ1) is 16.5. The average Bonchev–Trinajstić information content (AvgIpc) is 2.46. The maximum absolute atomic E-state index is 11.7. The molecule has 1 atom stereocenters. The van der Waals surface area contributed by atoms with E-state index in [1.54, 1.807) is 0 Å². The molecule has 0 aliphatic carbocycles. The van der Waals surface area contributed by atoms with E-state index in [0.29, 0.717) is 19.0 Å². The highest BCUT2D eigenvalue weighted by Gasteiger charge is 2.18. The number of benzene rings is 1. The summed E-state index contributed by atoms with van der Waals surface area (Å²) in [6, 6.07) is 5.52. The molecule has 1 aliphatic rings. The predicted molar refractivity (Wildman–Crippen MR) is 86.4 cm³/mol. The summed E-state index contributed by atoms with van der Waals surface area (Å²) in [7, 11) is 0. The molecule has 2 amide bonds. The molecule has 0 saturated heterocycles. The quantitative estimate of drug-likeness (QED) is 0.711. The highest BCUT2D eigenvalue weighted by molar-refractivity contribution is 5.96. The van der Waals surface area contributed by atoms with E-state index < -0.39 is 0 Å². The molecule has 0 spiro atoms. The van der Waals surface area contributed by atoms with Gasteiger partial charge in [0.2, 0.25) is 5.91 Å². The number of nitrogens with one attached hydrogen (secondary N) is 2. The molecule has 0 saturated carbocycles. The van der Waals surface area contributed by atoms with Gasteiger partial charge in [-0.3, -0.25) is 9.59 Å². The minimum atomic E-state index is -0.307. The fourth-order valence-corrected chi connectivity index (χ4v) is 2.68. The lowest BCUT2D eigenvalue weighted by molar-refractivity contribution is -0.120. The van der Waals surface area contributed by atoms with Crippen molar-refractivity contribution in [1.82, 2.24) is 10.6 Å². The van der Waals surface area contributed by atoms with Gasteiger partial charge in [-0.25, -0.2) is 0 Å². The molecule has 1 aromatic rings. The van der Waals surface area contributed by atoms with Crippen molar-refractivity contribution in [3.8, 4) is 0 Å². The van der Waals surface area contributed by atoms with Crippen LogP contribution in [-0.4, -0.2) is 24.4 Å². The van der Waals surface area contributed by atoms with Gasteiger partial charge >= 0.3 is 0 Å². The van der Waals surface area contributed by atoms with Crippen LogP contribution < -0.4 is 16.4 Å². The number of nitrogens with two attached hydrogens (primary N) is 1. The van der Waals surface area contributed by atoms with E-state index in [-0.39, 0.29) is 17.9 Å². The zero-order chi connectivity index (χ0) is 16.1. The summed E-state index contributed by atoms with van der Waals surface area (Å²) in [5, 5.41) is 6.07. The lowest BCUT2D eigenvalue weighted by Crippen LogP contribution is -2.41. The van der Waals surface area contributed by atoms with Gasteiger partial charge in [-0.05, 0) is 42.4 Å². The van der Waals surface area contributed by atoms with E-state index in [4.69, 9.17) is 5.73 Å². The average molecular weight is 303 g/mol. The van der Waals surface area contributed by atoms with Crippen molar-refractivity contribution >= 4 is 11.8 Å². The van der Waals surface area contributed by atoms with E-state index in [1.807, 2.05) is 18.2 Å². The van der Waals surface area contributed by atoms with E-state index in [2.05, 4.69) is 24.5 Å². The second-order valence-corrected chi connectivity index (χ2v) is 6.30. The standard InChI is InChI=1S/C17H25N3O2/c1-11(2)3-6-15(16(18)21)20-10-12-4-5-14-13(9-12)7-8-19-17(14)22/h4-5,9,11,15,20H,3,6-8,10H2,1-2H3,(H2,18,21)(H,19,22)/t15-/m1/s1. The van der Waals surface area contributed by atoms with Gasteiger partial charge in [-0.1, -0.05) is 26.0 Å². The van der Waals surface area contributed by atoms with Crippen molar-refractivity contribution in [2.75, 3.05) is 6.54 Å². The third-order valence-electron chi connectivity index (χ3n) is 4.02. The van der Waals surface area contributed by atoms with E-state index >= 15 is 0 Å². The Morgan fingerprint density at radius 2 is 2.14 bits per heavy atom. The van der Waals surface area contributed by atoms with Gasteiger partial charge in [0.15, 0.2) is 0 Å². The van der Waals surface area contributed by atoms with Crippen LogP contribution in [0.25, 0.3) is 0 Å². The molecule has 0 unspecified atom stereocenters. The van der Waals surface area contributed by atoms with Gasteiger partial charge in [0, 0.05) is 18.7 Å². The molecule has 1 aromatic carbocycles. The first-order chi connectivity index (χ1) is 10.5. The summed E-state index contributed by atoms with van der Waals surface area (Å²) in [4.78, 5) is 23.2. The first-order valence-corrected chi connectivity index (χ1v) is 7.90. The van der Waals surface area contributed by atoms with Crippen LogP contribution in [0, 0.1) is 5.92 Å². The van der Waals surface area contributed by atoms with Crippen LogP contribution in [0.2, 0.25) is 0 Å². The number of amides is 2. The number of rotatable bonds is 7. The molecule has 0 bridgehead atoms. The van der Waals surface area contributed by atoms with Crippen molar-refractivity contribution in [2.24, 2.45) is 11.7 Å². The third-order valence-corrected chi connectivity index (χ3v) is 4.02. The largest absolute Gasteiger partial charge is 0.368 e. The van der Waals surface area contributed by atoms with Crippen LogP contribution in [0.1, 0.15) is 48.2 Å². The number of hydrogen-bond acceptors (Lipinski definition) is 3. The second-order valence-electron chi connectivity index (χ2n) is 6.30. The highest BCUT2D eigenvalue weighted by atomic mass is 16.2. The van der Waals surface area contributed by atoms with Crippen LogP contribution in [0.4, 0.5) is 0 Å². The lowest BCUT2D eigenvalue weighted by Gasteiger charge is -2.19. The Bertz CT molecular complexity index is 555. The molecule has 120 valence electrons. The number of hydrogen-bond donors (Lipinski definition) is 3. The molecule has 5 heteroatoms. The van der Waals surface area contributed by atoms with Gasteiger partial charge in [0.1, 0.15) is 0 Å². The van der Waals surface area contributed by atoms with Gasteiger partial charge in [0.05, 0.1) is 6.04 Å². The maximum Gasteiger partial charge on any atom is 0.251 e. The van der Waals surface area contributed by atoms with E-state index in [1.165, 1.54) is 0 Å². The smallest absolute Gasteiger partial charge is 0.251 e. The van der Waals surface area contributed by atoms with Gasteiger partial charge in [-0.2, -0.15) is 0 Å². The van der Waals surface area contributed by atoms with E-state index in [0.717, 1.165) is 36.0 Å². The summed E-state index contributed by atoms with van der Waals surface area (Å²) in [5.41, 5.74) is 8.36. The SMILES string of the molecule is CC(C)CC[C@@H](NCc1ccc2c(c1)CCNC2=O)C(N)=O. The molecule has 1 aliphatic heterocycles. The Hall–Kier alpha value is -1.88. The minimum Gasteiger partial charge on any atom is -0.368 e. The zero-order valence-electron chi connectivity index (χ0n) is 13.3. The van der Waals surface area contributed by atoms with Crippen LogP contribution in [0.5, 0.6) is 0 Å².